The summed E-state index contributed by atoms with van der Waals surface area (Å²) in [5, 5.41) is 10.2. The molecule has 0 spiro atoms. The Balaban J connectivity index is 1.82. The molecule has 17 heavy (non-hydrogen) atoms. The zero-order valence-corrected chi connectivity index (χ0v) is 11.1. The van der Waals surface area contributed by atoms with Gasteiger partial charge in [0.05, 0.1) is 6.10 Å². The lowest BCUT2D eigenvalue weighted by molar-refractivity contribution is -0.000338. The highest BCUT2D eigenvalue weighted by Crippen LogP contribution is 2.41. The average Bonchev–Trinajstić information content (AvgIpc) is 2.58. The number of halogens is 2. The molecule has 0 amide bonds. The predicted octanol–water partition coefficient (Wildman–Crippen LogP) is 2.22. The lowest BCUT2D eigenvalue weighted by atomic mass is 9.95. The van der Waals surface area contributed by atoms with Crippen molar-refractivity contribution in [3.63, 3.8) is 0 Å². The minimum absolute atomic E-state index is 0.000302. The van der Waals surface area contributed by atoms with E-state index in [2.05, 4.69) is 4.90 Å². The summed E-state index contributed by atoms with van der Waals surface area (Å²) in [6.45, 7) is 0.979. The Bertz CT molecular complexity index is 265. The summed E-state index contributed by atoms with van der Waals surface area (Å²) in [5.41, 5.74) is 0. The first-order valence-corrected chi connectivity index (χ1v) is 7.47. The van der Waals surface area contributed by atoms with Crippen LogP contribution in [0.4, 0.5) is 8.78 Å². The van der Waals surface area contributed by atoms with E-state index in [9.17, 15) is 13.9 Å². The van der Waals surface area contributed by atoms with Gasteiger partial charge in [0.1, 0.15) is 0 Å². The van der Waals surface area contributed by atoms with Crippen LogP contribution in [0.3, 0.4) is 0 Å². The third kappa shape index (κ3) is 3.55. The second-order valence-electron chi connectivity index (χ2n) is 5.39. The summed E-state index contributed by atoms with van der Waals surface area (Å²) in [6, 6.07) is 0.142. The first-order valence-electron chi connectivity index (χ1n) is 6.32. The Labute approximate surface area is 106 Å². The van der Waals surface area contributed by atoms with Crippen LogP contribution in [-0.4, -0.2) is 53.2 Å². The minimum atomic E-state index is -2.49. The van der Waals surface area contributed by atoms with Crippen LogP contribution in [0.2, 0.25) is 0 Å². The van der Waals surface area contributed by atoms with Gasteiger partial charge in [0.2, 0.25) is 5.92 Å². The third-order valence-corrected chi connectivity index (χ3v) is 5.02. The minimum Gasteiger partial charge on any atom is -0.391 e. The fraction of sp³-hybridized carbons (Fsp3) is 1.00. The van der Waals surface area contributed by atoms with Gasteiger partial charge in [0.15, 0.2) is 0 Å². The Morgan fingerprint density at radius 2 is 2.29 bits per heavy atom. The Hall–Kier alpha value is 0.130. The van der Waals surface area contributed by atoms with Crippen LogP contribution in [-0.2, 0) is 0 Å². The third-order valence-electron chi connectivity index (χ3n) is 3.97. The molecule has 1 aliphatic heterocycles. The van der Waals surface area contributed by atoms with Crippen LogP contribution >= 0.6 is 11.8 Å². The number of aliphatic hydroxyl groups excluding tert-OH is 1. The van der Waals surface area contributed by atoms with Gasteiger partial charge in [0.25, 0.3) is 0 Å². The van der Waals surface area contributed by atoms with Crippen molar-refractivity contribution < 1.29 is 13.9 Å². The van der Waals surface area contributed by atoms with Crippen molar-refractivity contribution in [3.05, 3.63) is 0 Å². The maximum Gasteiger partial charge on any atom is 0.248 e. The van der Waals surface area contributed by atoms with Crippen molar-refractivity contribution >= 4 is 11.8 Å². The number of nitrogens with zero attached hydrogens (tertiary/aromatic N) is 1. The molecule has 2 rings (SSSR count). The van der Waals surface area contributed by atoms with Crippen molar-refractivity contribution in [2.45, 2.75) is 43.8 Å². The average molecular weight is 265 g/mol. The molecule has 0 aromatic rings. The fourth-order valence-corrected chi connectivity index (χ4v) is 4.15. The second kappa shape index (κ2) is 5.41. The first-order chi connectivity index (χ1) is 7.98. The molecule has 3 atom stereocenters. The first kappa shape index (κ1) is 13.6. The van der Waals surface area contributed by atoms with Gasteiger partial charge in [-0.3, -0.25) is 4.90 Å². The zero-order chi connectivity index (χ0) is 12.5. The summed E-state index contributed by atoms with van der Waals surface area (Å²) in [4.78, 5) is 2.16. The fourth-order valence-electron chi connectivity index (χ4n) is 2.85. The van der Waals surface area contributed by atoms with Gasteiger partial charge >= 0.3 is 0 Å². The van der Waals surface area contributed by atoms with E-state index in [1.165, 1.54) is 0 Å². The quantitative estimate of drug-likeness (QED) is 0.846. The number of thioether (sulfide) groups is 1. The van der Waals surface area contributed by atoms with Gasteiger partial charge < -0.3 is 5.11 Å². The van der Waals surface area contributed by atoms with Gasteiger partial charge in [0, 0.05) is 36.9 Å². The molecule has 2 nitrogen and oxygen atoms in total. The van der Waals surface area contributed by atoms with Crippen LogP contribution in [0.15, 0.2) is 0 Å². The Kier molecular flexibility index (Phi) is 4.31. The van der Waals surface area contributed by atoms with Crippen LogP contribution in [0, 0.1) is 5.92 Å². The topological polar surface area (TPSA) is 23.5 Å². The molecule has 2 aliphatic rings. The van der Waals surface area contributed by atoms with Crippen LogP contribution in [0.25, 0.3) is 0 Å². The predicted molar refractivity (Wildman–Crippen MR) is 66.7 cm³/mol. The summed E-state index contributed by atoms with van der Waals surface area (Å²) in [7, 11) is 2.01. The van der Waals surface area contributed by atoms with E-state index in [-0.39, 0.29) is 24.8 Å². The maximum absolute atomic E-state index is 13.1. The largest absolute Gasteiger partial charge is 0.391 e. The molecular formula is C12H21F2NOS. The summed E-state index contributed by atoms with van der Waals surface area (Å²) >= 11 is 1.84. The monoisotopic (exact) mass is 265 g/mol. The van der Waals surface area contributed by atoms with Gasteiger partial charge in [-0.1, -0.05) is 0 Å². The normalized spacial score (nSPS) is 36.0. The van der Waals surface area contributed by atoms with E-state index in [4.69, 9.17) is 0 Å². The molecule has 0 aromatic carbocycles. The molecule has 1 aliphatic carbocycles. The van der Waals surface area contributed by atoms with E-state index in [0.717, 1.165) is 18.1 Å². The van der Waals surface area contributed by atoms with Gasteiger partial charge in [-0.05, 0) is 25.8 Å². The Morgan fingerprint density at radius 3 is 2.88 bits per heavy atom. The highest BCUT2D eigenvalue weighted by molar-refractivity contribution is 7.99. The molecule has 1 N–H and O–H groups in total. The van der Waals surface area contributed by atoms with Crippen LogP contribution < -0.4 is 0 Å². The van der Waals surface area contributed by atoms with E-state index in [1.807, 2.05) is 18.8 Å². The molecule has 3 unspecified atom stereocenters. The number of hydrogen-bond donors (Lipinski definition) is 1. The lowest BCUT2D eigenvalue weighted by Crippen LogP contribution is -2.47. The van der Waals surface area contributed by atoms with Crippen molar-refractivity contribution in [1.82, 2.24) is 4.90 Å². The van der Waals surface area contributed by atoms with Crippen LogP contribution in [0.1, 0.15) is 25.7 Å². The standard InChI is InChI=1S/C12H21F2NOS/c1-15-4-5-17-8-10(15)11(16)6-9-2-3-12(13,14)7-9/h9-11,16H,2-8H2,1H3. The number of rotatable bonds is 3. The second-order valence-corrected chi connectivity index (χ2v) is 6.54. The molecule has 0 aromatic heterocycles. The maximum atomic E-state index is 13.1. The number of alkyl halides is 2. The molecule has 1 saturated heterocycles. The van der Waals surface area contributed by atoms with Gasteiger partial charge in [-0.15, -0.1) is 0 Å². The number of likely N-dealkylation sites (N-methyl/N-ethyl adjacent to an activating group) is 1. The SMILES string of the molecule is CN1CCSCC1C(O)CC1CCC(F)(F)C1. The van der Waals surface area contributed by atoms with E-state index in [0.29, 0.717) is 12.8 Å². The summed E-state index contributed by atoms with van der Waals surface area (Å²) in [5.74, 6) is -0.472. The van der Waals surface area contributed by atoms with E-state index in [1.54, 1.807) is 0 Å². The van der Waals surface area contributed by atoms with E-state index >= 15 is 0 Å². The van der Waals surface area contributed by atoms with Crippen molar-refractivity contribution in [2.24, 2.45) is 5.92 Å². The molecule has 2 fully saturated rings. The molecule has 0 radical (unpaired) electrons. The Morgan fingerprint density at radius 1 is 1.53 bits per heavy atom. The zero-order valence-electron chi connectivity index (χ0n) is 10.2. The lowest BCUT2D eigenvalue weighted by Gasteiger charge is -2.36. The highest BCUT2D eigenvalue weighted by Gasteiger charge is 2.41. The molecule has 1 saturated carbocycles. The van der Waals surface area contributed by atoms with Crippen molar-refractivity contribution in [2.75, 3.05) is 25.1 Å². The van der Waals surface area contributed by atoms with Crippen LogP contribution in [0.5, 0.6) is 0 Å². The highest BCUT2D eigenvalue weighted by atomic mass is 32.2. The van der Waals surface area contributed by atoms with Crippen molar-refractivity contribution in [3.8, 4) is 0 Å². The molecule has 1 heterocycles. The van der Waals surface area contributed by atoms with E-state index < -0.39 is 12.0 Å². The number of hydrogen-bond acceptors (Lipinski definition) is 3. The van der Waals surface area contributed by atoms with Gasteiger partial charge in [-0.2, -0.15) is 11.8 Å². The molecule has 5 heteroatoms. The summed E-state index contributed by atoms with van der Waals surface area (Å²) < 4.78 is 26.1. The summed E-state index contributed by atoms with van der Waals surface area (Å²) in [6.07, 6.45) is 0.609. The number of aliphatic hydroxyl groups is 1. The molecule has 100 valence electrons. The molecule has 0 bridgehead atoms. The van der Waals surface area contributed by atoms with Gasteiger partial charge in [-0.25, -0.2) is 8.78 Å². The smallest absolute Gasteiger partial charge is 0.248 e. The molecular weight excluding hydrogens is 244 g/mol. The van der Waals surface area contributed by atoms with Crippen molar-refractivity contribution in [1.29, 1.82) is 0 Å².